The molecule has 2 aromatic carbocycles. The van der Waals surface area contributed by atoms with E-state index in [-0.39, 0.29) is 11.8 Å². The number of carbonyl (C=O) groups excluding carboxylic acids is 2. The van der Waals surface area contributed by atoms with E-state index in [4.69, 9.17) is 14.2 Å². The van der Waals surface area contributed by atoms with Crippen LogP contribution in [0.25, 0.3) is 0 Å². The van der Waals surface area contributed by atoms with Gasteiger partial charge in [0.15, 0.2) is 11.5 Å². The van der Waals surface area contributed by atoms with E-state index in [1.54, 1.807) is 41.3 Å². The van der Waals surface area contributed by atoms with Crippen molar-refractivity contribution in [1.82, 2.24) is 0 Å². The number of anilines is 2. The van der Waals surface area contributed by atoms with Crippen LogP contribution in [-0.4, -0.2) is 39.2 Å². The molecule has 2 amide bonds. The Labute approximate surface area is 151 Å². The van der Waals surface area contributed by atoms with Crippen molar-refractivity contribution in [1.29, 1.82) is 0 Å². The molecular weight excluding hydrogens is 336 g/mol. The topological polar surface area (TPSA) is 77.1 Å². The van der Waals surface area contributed by atoms with Crippen LogP contribution in [0.2, 0.25) is 0 Å². The molecule has 7 nitrogen and oxygen atoms in total. The third-order valence-electron chi connectivity index (χ3n) is 4.11. The Balaban J connectivity index is 1.81. The van der Waals surface area contributed by atoms with Crippen LogP contribution in [0.1, 0.15) is 17.3 Å². The number of nitrogens with zero attached hydrogens (tertiary/aromatic N) is 1. The van der Waals surface area contributed by atoms with E-state index in [0.29, 0.717) is 47.3 Å². The first-order valence-corrected chi connectivity index (χ1v) is 8.12. The maximum atomic E-state index is 12.5. The molecule has 0 saturated heterocycles. The molecule has 0 spiro atoms. The minimum atomic E-state index is -0.287. The second-order valence-corrected chi connectivity index (χ2v) is 5.73. The lowest BCUT2D eigenvalue weighted by atomic mass is 10.1. The van der Waals surface area contributed by atoms with Gasteiger partial charge in [-0.05, 0) is 30.3 Å². The van der Waals surface area contributed by atoms with Crippen LogP contribution in [0.15, 0.2) is 36.4 Å². The Hall–Kier alpha value is -3.22. The molecule has 26 heavy (non-hydrogen) atoms. The highest BCUT2D eigenvalue weighted by molar-refractivity contribution is 6.05. The number of hydrogen-bond acceptors (Lipinski definition) is 5. The van der Waals surface area contributed by atoms with E-state index < -0.39 is 0 Å². The lowest BCUT2D eigenvalue weighted by molar-refractivity contribution is -0.116. The van der Waals surface area contributed by atoms with Gasteiger partial charge in [-0.3, -0.25) is 9.59 Å². The summed E-state index contributed by atoms with van der Waals surface area (Å²) in [5, 5.41) is 2.82. The molecule has 3 rings (SSSR count). The highest BCUT2D eigenvalue weighted by Crippen LogP contribution is 2.34. The summed E-state index contributed by atoms with van der Waals surface area (Å²) in [6, 6.07) is 10.2. The Kier molecular flexibility index (Phi) is 4.97. The van der Waals surface area contributed by atoms with Gasteiger partial charge in [-0.25, -0.2) is 0 Å². The maximum Gasteiger partial charge on any atom is 0.255 e. The van der Waals surface area contributed by atoms with E-state index in [1.165, 1.54) is 21.1 Å². The zero-order chi connectivity index (χ0) is 18.7. The summed E-state index contributed by atoms with van der Waals surface area (Å²) in [4.78, 5) is 25.9. The number of carbonyl (C=O) groups is 2. The Morgan fingerprint density at radius 3 is 2.54 bits per heavy atom. The molecule has 136 valence electrons. The molecule has 1 N–H and O–H groups in total. The third kappa shape index (κ3) is 3.42. The number of hydrogen-bond donors (Lipinski definition) is 1. The molecule has 7 heteroatoms. The predicted molar refractivity (Wildman–Crippen MR) is 97.5 cm³/mol. The molecule has 0 saturated carbocycles. The highest BCUT2D eigenvalue weighted by Gasteiger charge is 2.21. The van der Waals surface area contributed by atoms with Crippen LogP contribution in [0.5, 0.6) is 17.2 Å². The van der Waals surface area contributed by atoms with Crippen LogP contribution >= 0.6 is 0 Å². The summed E-state index contributed by atoms with van der Waals surface area (Å²) in [5.41, 5.74) is 1.72. The quantitative estimate of drug-likeness (QED) is 0.911. The average molecular weight is 356 g/mol. The molecule has 1 aliphatic heterocycles. The first-order chi connectivity index (χ1) is 12.5. The van der Waals surface area contributed by atoms with Crippen molar-refractivity contribution < 1.29 is 23.8 Å². The molecule has 0 fully saturated rings. The predicted octanol–water partition coefficient (Wildman–Crippen LogP) is 2.70. The van der Waals surface area contributed by atoms with Gasteiger partial charge in [-0.2, -0.15) is 0 Å². The summed E-state index contributed by atoms with van der Waals surface area (Å²) in [5.74, 6) is 1.26. The third-order valence-corrected chi connectivity index (χ3v) is 4.11. The number of rotatable bonds is 4. The maximum absolute atomic E-state index is 12.5. The Morgan fingerprint density at radius 1 is 1.08 bits per heavy atom. The second kappa shape index (κ2) is 7.35. The lowest BCUT2D eigenvalue weighted by Crippen LogP contribution is -2.36. The van der Waals surface area contributed by atoms with Gasteiger partial charge >= 0.3 is 0 Å². The van der Waals surface area contributed by atoms with Crippen LogP contribution in [0, 0.1) is 0 Å². The number of methoxy groups -OCH3 is 2. The number of ether oxygens (including phenoxy) is 3. The Morgan fingerprint density at radius 2 is 1.85 bits per heavy atom. The fraction of sp³-hybridized carbons (Fsp3) is 0.263. The number of fused-ring (bicyclic) bond motifs is 1. The number of amides is 2. The molecule has 1 heterocycles. The van der Waals surface area contributed by atoms with Gasteiger partial charge in [0.05, 0.1) is 26.5 Å². The molecule has 0 unspecified atom stereocenters. The van der Waals surface area contributed by atoms with Crippen LogP contribution in [0.3, 0.4) is 0 Å². The second-order valence-electron chi connectivity index (χ2n) is 5.73. The van der Waals surface area contributed by atoms with Crippen molar-refractivity contribution in [2.24, 2.45) is 0 Å². The minimum absolute atomic E-state index is 0.0448. The van der Waals surface area contributed by atoms with E-state index in [2.05, 4.69) is 5.32 Å². The fourth-order valence-corrected chi connectivity index (χ4v) is 2.81. The monoisotopic (exact) mass is 356 g/mol. The van der Waals surface area contributed by atoms with Gasteiger partial charge in [-0.1, -0.05) is 0 Å². The zero-order valence-electron chi connectivity index (χ0n) is 14.9. The van der Waals surface area contributed by atoms with E-state index >= 15 is 0 Å². The summed E-state index contributed by atoms with van der Waals surface area (Å²) >= 11 is 0. The normalized spacial score (nSPS) is 12.7. The van der Waals surface area contributed by atoms with Crippen LogP contribution in [-0.2, 0) is 4.79 Å². The standard InChI is InChI=1S/C19H20N2O5/c1-12(22)21-8-9-26-17-11-14(5-6-15(17)21)20-19(23)13-4-7-16(24-2)18(10-13)25-3/h4-7,10-11H,8-9H2,1-3H3,(H,20,23). The Bertz CT molecular complexity index is 850. The van der Waals surface area contributed by atoms with Crippen molar-refractivity contribution in [3.05, 3.63) is 42.0 Å². The molecular formula is C19H20N2O5. The van der Waals surface area contributed by atoms with Gasteiger partial charge < -0.3 is 24.4 Å². The molecule has 2 aromatic rings. The highest BCUT2D eigenvalue weighted by atomic mass is 16.5. The number of benzene rings is 2. The van der Waals surface area contributed by atoms with Crippen molar-refractivity contribution in [3.63, 3.8) is 0 Å². The van der Waals surface area contributed by atoms with E-state index in [0.717, 1.165) is 0 Å². The first-order valence-electron chi connectivity index (χ1n) is 8.12. The van der Waals surface area contributed by atoms with Crippen molar-refractivity contribution in [2.75, 3.05) is 37.6 Å². The van der Waals surface area contributed by atoms with Crippen molar-refractivity contribution in [3.8, 4) is 17.2 Å². The first kappa shape index (κ1) is 17.6. The largest absolute Gasteiger partial charge is 0.493 e. The molecule has 0 aromatic heterocycles. The van der Waals surface area contributed by atoms with E-state index in [9.17, 15) is 9.59 Å². The smallest absolute Gasteiger partial charge is 0.255 e. The van der Waals surface area contributed by atoms with Gasteiger partial charge in [0.25, 0.3) is 5.91 Å². The summed E-state index contributed by atoms with van der Waals surface area (Å²) in [7, 11) is 3.05. The SMILES string of the molecule is COc1ccc(C(=O)Nc2ccc3c(c2)OCCN3C(C)=O)cc1OC. The average Bonchev–Trinajstić information content (AvgIpc) is 2.66. The molecule has 0 atom stereocenters. The van der Waals surface area contributed by atoms with Crippen molar-refractivity contribution >= 4 is 23.2 Å². The summed E-state index contributed by atoms with van der Waals surface area (Å²) in [6.45, 7) is 2.45. The van der Waals surface area contributed by atoms with Crippen LogP contribution < -0.4 is 24.4 Å². The summed E-state index contributed by atoms with van der Waals surface area (Å²) < 4.78 is 16.0. The molecule has 0 radical (unpaired) electrons. The fourth-order valence-electron chi connectivity index (χ4n) is 2.81. The van der Waals surface area contributed by atoms with Gasteiger partial charge in [0.2, 0.25) is 5.91 Å². The minimum Gasteiger partial charge on any atom is -0.493 e. The lowest BCUT2D eigenvalue weighted by Gasteiger charge is -2.29. The van der Waals surface area contributed by atoms with Gasteiger partial charge in [-0.15, -0.1) is 0 Å². The van der Waals surface area contributed by atoms with Gasteiger partial charge in [0, 0.05) is 24.2 Å². The van der Waals surface area contributed by atoms with Crippen molar-refractivity contribution in [2.45, 2.75) is 6.92 Å². The van der Waals surface area contributed by atoms with E-state index in [1.807, 2.05) is 0 Å². The summed E-state index contributed by atoms with van der Waals surface area (Å²) in [6.07, 6.45) is 0. The van der Waals surface area contributed by atoms with Crippen LogP contribution in [0.4, 0.5) is 11.4 Å². The number of nitrogens with one attached hydrogen (secondary N) is 1. The zero-order valence-corrected chi connectivity index (χ0v) is 14.9. The molecule has 0 aliphatic carbocycles. The molecule has 1 aliphatic rings. The van der Waals surface area contributed by atoms with Gasteiger partial charge in [0.1, 0.15) is 12.4 Å². The molecule has 0 bridgehead atoms.